The highest BCUT2D eigenvalue weighted by molar-refractivity contribution is 5.96. The molecule has 2 aromatic rings. The first-order chi connectivity index (χ1) is 14.6. The second kappa shape index (κ2) is 6.77. The Balaban J connectivity index is 1.76. The summed E-state index contributed by atoms with van der Waals surface area (Å²) in [5, 5.41) is 4.45. The lowest BCUT2D eigenvalue weighted by Gasteiger charge is -2.12. The molecule has 0 amide bonds. The van der Waals surface area contributed by atoms with Crippen LogP contribution in [0.4, 0.5) is 0 Å². The van der Waals surface area contributed by atoms with Gasteiger partial charge in [-0.25, -0.2) is 4.79 Å². The molecule has 0 unspecified atom stereocenters. The first-order valence-electron chi connectivity index (χ1n) is 9.26. The average Bonchev–Trinajstić information content (AvgIpc) is 3.37. The van der Waals surface area contributed by atoms with E-state index >= 15 is 0 Å². The second-order valence-electron chi connectivity index (χ2n) is 6.87. The van der Waals surface area contributed by atoms with Gasteiger partial charge in [-0.1, -0.05) is 18.2 Å². The van der Waals surface area contributed by atoms with Crippen LogP contribution in [-0.4, -0.2) is 34.2 Å². The third-order valence-corrected chi connectivity index (χ3v) is 5.07. The van der Waals surface area contributed by atoms with E-state index in [9.17, 15) is 9.59 Å². The molecule has 0 spiro atoms. The number of aryl methyl sites for hydroxylation is 1. The summed E-state index contributed by atoms with van der Waals surface area (Å²) < 4.78 is 18.7. The lowest BCUT2D eigenvalue weighted by molar-refractivity contribution is 0.0600. The molecule has 0 atom stereocenters. The fourth-order valence-electron chi connectivity index (χ4n) is 3.53. The number of aromatic nitrogens is 3. The van der Waals surface area contributed by atoms with E-state index in [1.165, 1.54) is 11.8 Å². The van der Waals surface area contributed by atoms with Gasteiger partial charge in [0, 0.05) is 24.1 Å². The molecule has 0 aromatic heterocycles. The monoisotopic (exact) mass is 403 g/mol. The lowest BCUT2D eigenvalue weighted by Crippen LogP contribution is -2.16. The van der Waals surface area contributed by atoms with Crippen LogP contribution >= 0.6 is 0 Å². The fraction of sp³-hybridized carbons (Fsp3) is 0.136. The molecule has 8 heteroatoms. The van der Waals surface area contributed by atoms with Gasteiger partial charge in [0.25, 0.3) is 5.56 Å². The van der Waals surface area contributed by atoms with Crippen LogP contribution in [-0.2, 0) is 4.74 Å². The smallest absolute Gasteiger partial charge is 0.341 e. The van der Waals surface area contributed by atoms with E-state index < -0.39 is 5.97 Å². The Morgan fingerprint density at radius 3 is 2.70 bits per heavy atom. The number of para-hydroxylation sites is 1. The van der Waals surface area contributed by atoms with Gasteiger partial charge >= 0.3 is 5.97 Å². The fourth-order valence-corrected chi connectivity index (χ4v) is 3.53. The normalized spacial score (nSPS) is 12.3. The molecule has 0 fully saturated rings. The average molecular weight is 403 g/mol. The van der Waals surface area contributed by atoms with Gasteiger partial charge in [0.05, 0.1) is 18.4 Å². The van der Waals surface area contributed by atoms with E-state index in [0.29, 0.717) is 28.4 Å². The molecule has 0 aliphatic carbocycles. The number of hydrogen-bond donors (Lipinski definition) is 0. The van der Waals surface area contributed by atoms with Gasteiger partial charge in [0.2, 0.25) is 6.79 Å². The van der Waals surface area contributed by atoms with Crippen LogP contribution in [0.5, 0.6) is 11.5 Å². The highest BCUT2D eigenvalue weighted by Gasteiger charge is 2.26. The van der Waals surface area contributed by atoms with Crippen molar-refractivity contribution in [2.45, 2.75) is 6.92 Å². The van der Waals surface area contributed by atoms with Crippen molar-refractivity contribution in [3.05, 3.63) is 76.3 Å². The van der Waals surface area contributed by atoms with Gasteiger partial charge in [-0.2, -0.15) is 9.78 Å². The minimum atomic E-state index is -0.579. The number of methoxy groups -OCH3 is 1. The molecule has 150 valence electrons. The molecular formula is C22H17N3O5. The summed E-state index contributed by atoms with van der Waals surface area (Å²) in [6, 6.07) is 12.8. The summed E-state index contributed by atoms with van der Waals surface area (Å²) in [5.41, 5.74) is 2.71. The molecule has 0 N–H and O–H groups in total. The number of ether oxygens (including phenoxy) is 3. The number of fused-ring (bicyclic) bond motifs is 2. The molecule has 3 aliphatic rings. The maximum absolute atomic E-state index is 13.2. The number of hydrogen-bond acceptors (Lipinski definition) is 6. The molecule has 30 heavy (non-hydrogen) atoms. The molecule has 8 nitrogen and oxygen atoms in total. The van der Waals surface area contributed by atoms with E-state index in [4.69, 9.17) is 14.2 Å². The number of carbonyl (C=O) groups is 1. The zero-order valence-electron chi connectivity index (χ0n) is 16.3. The molecule has 0 saturated carbocycles. The van der Waals surface area contributed by atoms with E-state index in [1.54, 1.807) is 29.1 Å². The summed E-state index contributed by atoms with van der Waals surface area (Å²) in [7, 11) is 1.29. The molecule has 5 rings (SSSR count). The van der Waals surface area contributed by atoms with Crippen LogP contribution in [0, 0.1) is 6.92 Å². The first kappa shape index (κ1) is 18.0. The first-order valence-corrected chi connectivity index (χ1v) is 9.26. The van der Waals surface area contributed by atoms with Crippen molar-refractivity contribution in [2.75, 3.05) is 13.9 Å². The van der Waals surface area contributed by atoms with E-state index in [-0.39, 0.29) is 23.6 Å². The Labute approximate surface area is 171 Å². The number of carbonyl (C=O) groups excluding carboxylic acids is 1. The summed E-state index contributed by atoms with van der Waals surface area (Å²) in [6.07, 6.45) is 3.25. The summed E-state index contributed by atoms with van der Waals surface area (Å²) in [6.45, 7) is 2.05. The van der Waals surface area contributed by atoms with E-state index in [2.05, 4.69) is 5.10 Å². The quantitative estimate of drug-likeness (QED) is 0.489. The third kappa shape index (κ3) is 2.73. The Bertz CT molecular complexity index is 1320. The van der Waals surface area contributed by atoms with E-state index in [1.807, 2.05) is 37.3 Å². The molecule has 0 saturated heterocycles. The van der Waals surface area contributed by atoms with Crippen molar-refractivity contribution in [2.24, 2.45) is 0 Å². The molecule has 3 aliphatic heterocycles. The minimum Gasteiger partial charge on any atom is -0.465 e. The van der Waals surface area contributed by atoms with Crippen molar-refractivity contribution in [3.8, 4) is 34.1 Å². The van der Waals surface area contributed by atoms with Crippen LogP contribution < -0.4 is 15.0 Å². The van der Waals surface area contributed by atoms with Crippen molar-refractivity contribution in [1.82, 2.24) is 14.3 Å². The Hall–Kier alpha value is -4.07. The predicted octanol–water partition coefficient (Wildman–Crippen LogP) is 2.95. The van der Waals surface area contributed by atoms with Gasteiger partial charge in [0.1, 0.15) is 11.3 Å². The van der Waals surface area contributed by atoms with Crippen molar-refractivity contribution in [1.29, 1.82) is 0 Å². The van der Waals surface area contributed by atoms with Gasteiger partial charge < -0.3 is 18.8 Å². The number of nitrogens with zero attached hydrogens (tertiary/aromatic N) is 3. The van der Waals surface area contributed by atoms with Crippen molar-refractivity contribution < 1.29 is 19.0 Å². The molecule has 2 aromatic carbocycles. The zero-order chi connectivity index (χ0) is 20.8. The van der Waals surface area contributed by atoms with E-state index in [0.717, 1.165) is 5.56 Å². The summed E-state index contributed by atoms with van der Waals surface area (Å²) >= 11 is 0. The number of benzene rings is 2. The summed E-state index contributed by atoms with van der Waals surface area (Å²) in [4.78, 5) is 25.7. The van der Waals surface area contributed by atoms with Crippen molar-refractivity contribution in [3.63, 3.8) is 0 Å². The van der Waals surface area contributed by atoms with Crippen LogP contribution in [0.15, 0.2) is 59.7 Å². The Morgan fingerprint density at radius 2 is 1.90 bits per heavy atom. The van der Waals surface area contributed by atoms with Gasteiger partial charge in [-0.15, -0.1) is 0 Å². The van der Waals surface area contributed by atoms with Gasteiger partial charge in [0.15, 0.2) is 11.5 Å². The Morgan fingerprint density at radius 1 is 1.10 bits per heavy atom. The Kier molecular flexibility index (Phi) is 4.06. The lowest BCUT2D eigenvalue weighted by atomic mass is 10.1. The highest BCUT2D eigenvalue weighted by atomic mass is 16.7. The molecule has 0 bridgehead atoms. The van der Waals surface area contributed by atoms with Crippen LogP contribution in [0.1, 0.15) is 15.9 Å². The molecule has 3 heterocycles. The topological polar surface area (TPSA) is 84.6 Å². The van der Waals surface area contributed by atoms with Crippen molar-refractivity contribution >= 4 is 5.97 Å². The largest absolute Gasteiger partial charge is 0.465 e. The second-order valence-corrected chi connectivity index (χ2v) is 6.87. The SMILES string of the molecule is COC(=O)c1cn(-c2ccc3c(c2)OCO3)cc2c(=O)n(-c3ccccc3C)nc1-2. The van der Waals surface area contributed by atoms with Crippen LogP contribution in [0.3, 0.4) is 0 Å². The number of rotatable bonds is 3. The molecular weight excluding hydrogens is 386 g/mol. The maximum Gasteiger partial charge on any atom is 0.341 e. The van der Waals surface area contributed by atoms with Gasteiger partial charge in [-0.05, 0) is 30.7 Å². The minimum absolute atomic E-state index is 0.157. The van der Waals surface area contributed by atoms with Crippen LogP contribution in [0.25, 0.3) is 22.6 Å². The maximum atomic E-state index is 13.2. The zero-order valence-corrected chi connectivity index (χ0v) is 16.3. The van der Waals surface area contributed by atoms with Gasteiger partial charge in [-0.3, -0.25) is 4.79 Å². The number of esters is 1. The predicted molar refractivity (Wildman–Crippen MR) is 108 cm³/mol. The molecule has 0 radical (unpaired) electrons. The standard InChI is InChI=1S/C22H17N3O5/c1-13-5-3-4-6-17(13)25-21(26)15-10-24(11-16(20(15)23-25)22(27)28-2)14-7-8-18-19(9-14)30-12-29-18/h3-11H,12H2,1-2H3. The van der Waals surface area contributed by atoms with Crippen LogP contribution in [0.2, 0.25) is 0 Å². The number of pyridine rings is 1. The summed E-state index contributed by atoms with van der Waals surface area (Å²) in [5.74, 6) is 0.660. The highest BCUT2D eigenvalue weighted by Crippen LogP contribution is 2.34. The third-order valence-electron chi connectivity index (χ3n) is 5.07.